The maximum absolute atomic E-state index is 11.2. The zero-order valence-electron chi connectivity index (χ0n) is 12.3. The van der Waals surface area contributed by atoms with E-state index >= 15 is 0 Å². The summed E-state index contributed by atoms with van der Waals surface area (Å²) in [4.78, 5) is 15.8. The third-order valence-electron chi connectivity index (χ3n) is 3.45. The predicted octanol–water partition coefficient (Wildman–Crippen LogP) is -0.864. The fraction of sp³-hybridized carbons (Fsp3) is 0.923. The molecule has 2 atom stereocenters. The maximum atomic E-state index is 11.2. The average Bonchev–Trinajstić information content (AvgIpc) is 2.33. The highest BCUT2D eigenvalue weighted by Gasteiger charge is 2.22. The highest BCUT2D eigenvalue weighted by Crippen LogP contribution is 2.04. The number of hydrogen-bond donors (Lipinski definition) is 2. The Bertz CT molecular complexity index is 276. The molecule has 6 heteroatoms. The number of rotatable bonds is 7. The van der Waals surface area contributed by atoms with E-state index in [1.807, 2.05) is 0 Å². The molecule has 19 heavy (non-hydrogen) atoms. The van der Waals surface area contributed by atoms with Crippen molar-refractivity contribution in [1.29, 1.82) is 0 Å². The van der Waals surface area contributed by atoms with Crippen LogP contribution >= 0.6 is 0 Å². The highest BCUT2D eigenvalue weighted by atomic mass is 16.5. The average molecular weight is 273 g/mol. The number of likely N-dealkylation sites (N-methyl/N-ethyl adjacent to an activating group) is 2. The summed E-state index contributed by atoms with van der Waals surface area (Å²) in [6.45, 7) is 6.55. The van der Waals surface area contributed by atoms with Crippen LogP contribution in [0.5, 0.6) is 0 Å². The third kappa shape index (κ3) is 6.33. The summed E-state index contributed by atoms with van der Waals surface area (Å²) >= 11 is 0. The van der Waals surface area contributed by atoms with Crippen molar-refractivity contribution in [1.82, 2.24) is 15.1 Å². The molecule has 0 aromatic carbocycles. The van der Waals surface area contributed by atoms with Crippen molar-refractivity contribution in [2.45, 2.75) is 25.5 Å². The Morgan fingerprint density at radius 1 is 1.47 bits per heavy atom. The highest BCUT2D eigenvalue weighted by molar-refractivity contribution is 5.69. The number of aliphatic hydroxyl groups excluding tert-OH is 1. The van der Waals surface area contributed by atoms with Crippen molar-refractivity contribution >= 4 is 5.97 Å². The Morgan fingerprint density at radius 3 is 2.89 bits per heavy atom. The largest absolute Gasteiger partial charge is 0.466 e. The summed E-state index contributed by atoms with van der Waals surface area (Å²) in [6.07, 6.45) is -0.619. The van der Waals surface area contributed by atoms with Gasteiger partial charge in [-0.15, -0.1) is 0 Å². The summed E-state index contributed by atoms with van der Waals surface area (Å²) < 4.78 is 4.80. The van der Waals surface area contributed by atoms with Crippen LogP contribution in [0, 0.1) is 0 Å². The van der Waals surface area contributed by atoms with Crippen molar-refractivity contribution in [2.75, 3.05) is 53.4 Å². The molecule has 0 aromatic heterocycles. The Morgan fingerprint density at radius 2 is 2.21 bits per heavy atom. The molecule has 0 aromatic rings. The molecule has 0 saturated carbocycles. The maximum Gasteiger partial charge on any atom is 0.308 e. The summed E-state index contributed by atoms with van der Waals surface area (Å²) in [7, 11) is 4.24. The predicted molar refractivity (Wildman–Crippen MR) is 74.0 cm³/mol. The summed E-state index contributed by atoms with van der Waals surface area (Å²) in [5.74, 6) is -0.341. The molecule has 1 rings (SSSR count). The van der Waals surface area contributed by atoms with E-state index in [-0.39, 0.29) is 12.4 Å². The van der Waals surface area contributed by atoms with E-state index in [0.717, 1.165) is 26.2 Å². The van der Waals surface area contributed by atoms with Gasteiger partial charge >= 0.3 is 5.97 Å². The third-order valence-corrected chi connectivity index (χ3v) is 3.45. The number of carbonyl (C=O) groups is 1. The van der Waals surface area contributed by atoms with Crippen molar-refractivity contribution in [3.63, 3.8) is 0 Å². The van der Waals surface area contributed by atoms with Gasteiger partial charge in [-0.05, 0) is 21.0 Å². The summed E-state index contributed by atoms with van der Waals surface area (Å²) in [5, 5.41) is 12.9. The summed E-state index contributed by atoms with van der Waals surface area (Å²) in [5.41, 5.74) is 0. The Labute approximate surface area is 115 Å². The number of hydrogen-bond acceptors (Lipinski definition) is 6. The zero-order chi connectivity index (χ0) is 14.3. The molecule has 1 aliphatic rings. The van der Waals surface area contributed by atoms with E-state index in [0.29, 0.717) is 19.2 Å². The fourth-order valence-corrected chi connectivity index (χ4v) is 2.22. The van der Waals surface area contributed by atoms with Gasteiger partial charge in [-0.2, -0.15) is 0 Å². The number of esters is 1. The number of ether oxygens (including phenoxy) is 1. The van der Waals surface area contributed by atoms with Crippen LogP contribution in [-0.4, -0.2) is 86.4 Å². The zero-order valence-corrected chi connectivity index (χ0v) is 12.3. The van der Waals surface area contributed by atoms with Crippen LogP contribution in [0.4, 0.5) is 0 Å². The number of aliphatic hydroxyl groups is 1. The van der Waals surface area contributed by atoms with Crippen LogP contribution < -0.4 is 5.32 Å². The van der Waals surface area contributed by atoms with Gasteiger partial charge in [-0.1, -0.05) is 0 Å². The van der Waals surface area contributed by atoms with Gasteiger partial charge in [0.05, 0.1) is 19.1 Å². The van der Waals surface area contributed by atoms with Gasteiger partial charge in [0.2, 0.25) is 0 Å². The lowest BCUT2D eigenvalue weighted by molar-refractivity contribution is -0.145. The first-order valence-corrected chi connectivity index (χ1v) is 6.96. The second-order valence-corrected chi connectivity index (χ2v) is 5.22. The number of nitrogens with zero attached hydrogens (tertiary/aromatic N) is 2. The minimum Gasteiger partial charge on any atom is -0.466 e. The number of carbonyl (C=O) groups excluding carboxylic acids is 1. The first-order valence-electron chi connectivity index (χ1n) is 6.96. The first-order chi connectivity index (χ1) is 9.02. The van der Waals surface area contributed by atoms with Gasteiger partial charge in [0.25, 0.3) is 0 Å². The standard InChI is InChI=1S/C13H27N3O3/c1-4-19-13(18)7-12(17)9-14-8-11-10-15(2)5-6-16(11)3/h11-12,14,17H,4-10H2,1-3H3. The Kier molecular flexibility index (Phi) is 7.30. The molecule has 112 valence electrons. The lowest BCUT2D eigenvalue weighted by atomic mass is 10.2. The molecule has 0 radical (unpaired) electrons. The van der Waals surface area contributed by atoms with E-state index in [1.54, 1.807) is 6.92 Å². The number of nitrogens with one attached hydrogen (secondary N) is 1. The van der Waals surface area contributed by atoms with Crippen LogP contribution in [0.15, 0.2) is 0 Å². The van der Waals surface area contributed by atoms with Crippen LogP contribution in [0.1, 0.15) is 13.3 Å². The minimum absolute atomic E-state index is 0.0568. The van der Waals surface area contributed by atoms with Crippen molar-refractivity contribution in [3.05, 3.63) is 0 Å². The lowest BCUT2D eigenvalue weighted by Gasteiger charge is -2.37. The summed E-state index contributed by atoms with van der Waals surface area (Å²) in [6, 6.07) is 0.452. The minimum atomic E-state index is -0.675. The Balaban J connectivity index is 2.16. The lowest BCUT2D eigenvalue weighted by Crippen LogP contribution is -2.54. The van der Waals surface area contributed by atoms with Crippen LogP contribution in [0.2, 0.25) is 0 Å². The van der Waals surface area contributed by atoms with E-state index < -0.39 is 6.10 Å². The molecule has 1 saturated heterocycles. The SMILES string of the molecule is CCOC(=O)CC(O)CNCC1CN(C)CCN1C. The second kappa shape index (κ2) is 8.47. The van der Waals surface area contributed by atoms with Gasteiger partial charge in [0.15, 0.2) is 0 Å². The normalized spacial score (nSPS) is 23.3. The van der Waals surface area contributed by atoms with Gasteiger partial charge in [-0.25, -0.2) is 0 Å². The van der Waals surface area contributed by atoms with Crippen molar-refractivity contribution < 1.29 is 14.6 Å². The molecule has 6 nitrogen and oxygen atoms in total. The molecule has 2 unspecified atom stereocenters. The van der Waals surface area contributed by atoms with Crippen LogP contribution in [0.25, 0.3) is 0 Å². The molecule has 0 bridgehead atoms. The molecule has 0 spiro atoms. The molecular weight excluding hydrogens is 246 g/mol. The van der Waals surface area contributed by atoms with E-state index in [4.69, 9.17) is 4.74 Å². The monoisotopic (exact) mass is 273 g/mol. The van der Waals surface area contributed by atoms with E-state index in [1.165, 1.54) is 0 Å². The molecule has 1 heterocycles. The van der Waals surface area contributed by atoms with Crippen LogP contribution in [-0.2, 0) is 9.53 Å². The topological polar surface area (TPSA) is 65.0 Å². The first kappa shape index (κ1) is 16.4. The van der Waals surface area contributed by atoms with Gasteiger partial charge < -0.3 is 20.1 Å². The molecule has 1 fully saturated rings. The van der Waals surface area contributed by atoms with Crippen molar-refractivity contribution in [3.8, 4) is 0 Å². The van der Waals surface area contributed by atoms with Gasteiger partial charge in [-0.3, -0.25) is 9.69 Å². The van der Waals surface area contributed by atoms with Gasteiger partial charge in [0, 0.05) is 38.8 Å². The Hall–Kier alpha value is -0.690. The fourth-order valence-electron chi connectivity index (χ4n) is 2.22. The molecule has 0 amide bonds. The van der Waals surface area contributed by atoms with Crippen LogP contribution in [0.3, 0.4) is 0 Å². The molecule has 0 aliphatic carbocycles. The van der Waals surface area contributed by atoms with Crippen molar-refractivity contribution in [2.24, 2.45) is 0 Å². The van der Waals surface area contributed by atoms with E-state index in [9.17, 15) is 9.90 Å². The van der Waals surface area contributed by atoms with E-state index in [2.05, 4.69) is 29.2 Å². The molecule has 2 N–H and O–H groups in total. The van der Waals surface area contributed by atoms with Gasteiger partial charge in [0.1, 0.15) is 0 Å². The molecule has 1 aliphatic heterocycles. The quantitative estimate of drug-likeness (QED) is 0.588. The second-order valence-electron chi connectivity index (χ2n) is 5.22. The smallest absolute Gasteiger partial charge is 0.308 e. The number of piperazine rings is 1. The molecular formula is C13H27N3O3.